The lowest BCUT2D eigenvalue weighted by Gasteiger charge is -2.42. The first kappa shape index (κ1) is 26.9. The molecule has 2 saturated heterocycles. The summed E-state index contributed by atoms with van der Waals surface area (Å²) in [6.45, 7) is 1.49. The second-order valence-corrected chi connectivity index (χ2v) is 10.8. The Morgan fingerprint density at radius 3 is 2.67 bits per heavy atom. The van der Waals surface area contributed by atoms with Crippen LogP contribution in [0.25, 0.3) is 10.2 Å². The van der Waals surface area contributed by atoms with Gasteiger partial charge in [-0.3, -0.25) is 10.6 Å². The molecule has 0 spiro atoms. The summed E-state index contributed by atoms with van der Waals surface area (Å²) in [5.74, 6) is -2.74. The van der Waals surface area contributed by atoms with E-state index in [9.17, 15) is 18.4 Å². The lowest BCUT2D eigenvalue weighted by molar-refractivity contribution is -0.0760. The average Bonchev–Trinajstić information content (AvgIpc) is 3.32. The van der Waals surface area contributed by atoms with Crippen LogP contribution in [0, 0.1) is 0 Å². The molecule has 2 aliphatic rings. The third-order valence-corrected chi connectivity index (χ3v) is 7.94. The largest absolute Gasteiger partial charge is 0.446 e. The fraction of sp³-hybridized carbons (Fsp3) is 0.480. The number of halogens is 2. The van der Waals surface area contributed by atoms with Crippen LogP contribution in [0.4, 0.5) is 35.3 Å². The van der Waals surface area contributed by atoms with E-state index in [1.807, 2.05) is 31.3 Å². The number of fused-ring (bicyclic) bond motifs is 1. The summed E-state index contributed by atoms with van der Waals surface area (Å²) in [6.07, 6.45) is 1.67. The average molecular weight is 561 g/mol. The van der Waals surface area contributed by atoms with Gasteiger partial charge in [-0.15, -0.1) is 0 Å². The number of carbonyl (C=O) groups excluding carboxylic acids is 2. The predicted molar refractivity (Wildman–Crippen MR) is 145 cm³/mol. The van der Waals surface area contributed by atoms with Crippen LogP contribution in [-0.4, -0.2) is 95.2 Å². The monoisotopic (exact) mass is 560 g/mol. The summed E-state index contributed by atoms with van der Waals surface area (Å²) in [7, 11) is 3.36. The van der Waals surface area contributed by atoms with Gasteiger partial charge in [-0.2, -0.15) is 4.98 Å². The smallest absolute Gasteiger partial charge is 0.413 e. The maximum Gasteiger partial charge on any atom is 0.413 e. The molecule has 208 valence electrons. The minimum atomic E-state index is -3.12. The van der Waals surface area contributed by atoms with Crippen LogP contribution in [0.15, 0.2) is 36.5 Å². The minimum Gasteiger partial charge on any atom is -0.446 e. The number of nitrogens with one attached hydrogen (secondary N) is 2. The number of amides is 3. The van der Waals surface area contributed by atoms with E-state index in [1.165, 1.54) is 30.6 Å². The normalized spacial score (nSPS) is 20.0. The molecule has 39 heavy (non-hydrogen) atoms. The number of anilines is 3. The molecule has 0 unspecified atom stereocenters. The van der Waals surface area contributed by atoms with E-state index in [0.29, 0.717) is 5.13 Å². The van der Waals surface area contributed by atoms with Gasteiger partial charge in [0.05, 0.1) is 10.2 Å². The van der Waals surface area contributed by atoms with Gasteiger partial charge in [-0.05, 0) is 38.1 Å². The number of likely N-dealkylation sites (N-methyl/N-ethyl adjacent to an activating group) is 1. The molecule has 14 heteroatoms. The number of aromatic nitrogens is 3. The first-order valence-corrected chi connectivity index (χ1v) is 13.5. The van der Waals surface area contributed by atoms with Gasteiger partial charge in [-0.1, -0.05) is 23.5 Å². The standard InChI is InChI=1S/C25H30F2N8O3S/c1-33-12-8-16(9-13-33)38-24(37)31-20-7-11-28-21(30-20)35-14-10-25(26,27)19(15-35)34(2)23(36)32-22-29-17-5-3-4-6-18(17)39-22/h3-7,11,16,19H,8-10,12-15H2,1-2H3,(H,29,32,36)(H,28,30,31,37)/t19-/m0/s1. The van der Waals surface area contributed by atoms with Crippen LogP contribution in [0.2, 0.25) is 0 Å². The summed E-state index contributed by atoms with van der Waals surface area (Å²) in [4.78, 5) is 43.0. The maximum atomic E-state index is 15.0. The minimum absolute atomic E-state index is 0.0136. The summed E-state index contributed by atoms with van der Waals surface area (Å²) in [6, 6.07) is 6.77. The Kier molecular flexibility index (Phi) is 7.75. The molecule has 0 radical (unpaired) electrons. The number of piperidine rings is 2. The van der Waals surface area contributed by atoms with Crippen molar-refractivity contribution in [2.75, 3.05) is 55.8 Å². The maximum absolute atomic E-state index is 15.0. The summed E-state index contributed by atoms with van der Waals surface area (Å²) in [5.41, 5.74) is 0.718. The van der Waals surface area contributed by atoms with Crippen molar-refractivity contribution in [3.8, 4) is 0 Å². The van der Waals surface area contributed by atoms with Crippen molar-refractivity contribution < 1.29 is 23.1 Å². The van der Waals surface area contributed by atoms with Gasteiger partial charge >= 0.3 is 12.1 Å². The number of carbonyl (C=O) groups is 2. The molecule has 4 heterocycles. The van der Waals surface area contributed by atoms with Gasteiger partial charge in [-0.25, -0.2) is 28.3 Å². The van der Waals surface area contributed by atoms with E-state index in [2.05, 4.69) is 30.5 Å². The van der Waals surface area contributed by atoms with Crippen molar-refractivity contribution in [3.63, 3.8) is 0 Å². The Morgan fingerprint density at radius 2 is 1.90 bits per heavy atom. The molecule has 5 rings (SSSR count). The van der Waals surface area contributed by atoms with Crippen molar-refractivity contribution in [1.82, 2.24) is 24.8 Å². The van der Waals surface area contributed by atoms with Crippen LogP contribution in [0.3, 0.4) is 0 Å². The highest BCUT2D eigenvalue weighted by Crippen LogP contribution is 2.34. The molecule has 2 fully saturated rings. The van der Waals surface area contributed by atoms with Crippen molar-refractivity contribution in [1.29, 1.82) is 0 Å². The van der Waals surface area contributed by atoms with Crippen LogP contribution >= 0.6 is 11.3 Å². The van der Waals surface area contributed by atoms with Gasteiger partial charge in [0.25, 0.3) is 5.92 Å². The van der Waals surface area contributed by atoms with E-state index in [-0.39, 0.29) is 31.0 Å². The first-order valence-electron chi connectivity index (χ1n) is 12.7. The molecule has 1 aromatic carbocycles. The summed E-state index contributed by atoms with van der Waals surface area (Å²) >= 11 is 1.27. The number of para-hydroxylation sites is 1. The van der Waals surface area contributed by atoms with E-state index < -0.39 is 30.5 Å². The second kappa shape index (κ2) is 11.2. The highest BCUT2D eigenvalue weighted by Gasteiger charge is 2.48. The Balaban J connectivity index is 1.22. The zero-order valence-electron chi connectivity index (χ0n) is 21.6. The Labute approximate surface area is 228 Å². The molecular weight excluding hydrogens is 530 g/mol. The van der Waals surface area contributed by atoms with Crippen molar-refractivity contribution in [2.45, 2.75) is 37.3 Å². The molecule has 0 aliphatic carbocycles. The first-order chi connectivity index (χ1) is 18.7. The number of alkyl halides is 2. The fourth-order valence-corrected chi connectivity index (χ4v) is 5.53. The van der Waals surface area contributed by atoms with Crippen LogP contribution in [-0.2, 0) is 4.74 Å². The van der Waals surface area contributed by atoms with Crippen LogP contribution in [0.5, 0.6) is 0 Å². The highest BCUT2D eigenvalue weighted by atomic mass is 32.1. The number of urea groups is 1. The predicted octanol–water partition coefficient (Wildman–Crippen LogP) is 4.11. The Morgan fingerprint density at radius 1 is 1.13 bits per heavy atom. The lowest BCUT2D eigenvalue weighted by atomic mass is 10.00. The van der Waals surface area contributed by atoms with Gasteiger partial charge in [0.1, 0.15) is 18.0 Å². The van der Waals surface area contributed by atoms with E-state index >= 15 is 0 Å². The molecule has 1 atom stereocenters. The molecule has 2 N–H and O–H groups in total. The van der Waals surface area contributed by atoms with Crippen molar-refractivity contribution in [2.24, 2.45) is 0 Å². The number of nitrogens with zero attached hydrogens (tertiary/aromatic N) is 6. The lowest BCUT2D eigenvalue weighted by Crippen LogP contribution is -2.60. The Hall–Kier alpha value is -3.65. The zero-order valence-corrected chi connectivity index (χ0v) is 22.5. The number of hydrogen-bond acceptors (Lipinski definition) is 9. The van der Waals surface area contributed by atoms with E-state index in [4.69, 9.17) is 4.74 Å². The van der Waals surface area contributed by atoms with Crippen LogP contribution < -0.4 is 15.5 Å². The highest BCUT2D eigenvalue weighted by molar-refractivity contribution is 7.22. The van der Waals surface area contributed by atoms with Crippen molar-refractivity contribution in [3.05, 3.63) is 36.5 Å². The quantitative estimate of drug-likeness (QED) is 0.479. The zero-order chi connectivity index (χ0) is 27.6. The SMILES string of the molecule is CN1CCC(OC(=O)Nc2ccnc(N3CCC(F)(F)[C@@H](N(C)C(=O)Nc4nc5ccccc5s4)C3)n2)CC1. The van der Waals surface area contributed by atoms with Crippen LogP contribution in [0.1, 0.15) is 19.3 Å². The molecule has 2 aromatic heterocycles. The van der Waals surface area contributed by atoms with Crippen molar-refractivity contribution >= 4 is 50.6 Å². The molecule has 0 saturated carbocycles. The van der Waals surface area contributed by atoms with E-state index in [1.54, 1.807) is 4.90 Å². The van der Waals surface area contributed by atoms with Gasteiger partial charge < -0.3 is 19.4 Å². The number of thiazole rings is 1. The second-order valence-electron chi connectivity index (χ2n) is 9.78. The molecule has 3 aromatic rings. The number of benzene rings is 1. The number of rotatable bonds is 5. The number of likely N-dealkylation sites (tertiary alicyclic amines) is 1. The molecular formula is C25H30F2N8O3S. The topological polar surface area (TPSA) is 116 Å². The fourth-order valence-electron chi connectivity index (χ4n) is 4.68. The van der Waals surface area contributed by atoms with Gasteiger partial charge in [0.15, 0.2) is 5.13 Å². The molecule has 11 nitrogen and oxygen atoms in total. The third-order valence-electron chi connectivity index (χ3n) is 6.99. The van der Waals surface area contributed by atoms with E-state index in [0.717, 1.165) is 41.0 Å². The van der Waals surface area contributed by atoms with Gasteiger partial charge in [0.2, 0.25) is 5.95 Å². The molecule has 2 aliphatic heterocycles. The third kappa shape index (κ3) is 6.33. The van der Waals surface area contributed by atoms with Gasteiger partial charge in [0, 0.05) is 45.8 Å². The molecule has 3 amide bonds. The number of hydrogen-bond donors (Lipinski definition) is 2. The summed E-state index contributed by atoms with van der Waals surface area (Å²) < 4.78 is 36.4. The Bertz CT molecular complexity index is 1300. The summed E-state index contributed by atoms with van der Waals surface area (Å²) in [5, 5.41) is 5.57. The number of ether oxygens (including phenoxy) is 1. The molecule has 0 bridgehead atoms.